The van der Waals surface area contributed by atoms with E-state index in [2.05, 4.69) is 9.72 Å². The normalized spacial score (nSPS) is 10.4. The van der Waals surface area contributed by atoms with Gasteiger partial charge in [0.05, 0.1) is 7.11 Å². The molecule has 0 fully saturated rings. The first-order chi connectivity index (χ1) is 6.70. The molecule has 0 saturated carbocycles. The fraction of sp³-hybridized carbons (Fsp3) is 0.100. The van der Waals surface area contributed by atoms with E-state index in [0.29, 0.717) is 11.4 Å². The minimum Gasteiger partial charge on any atom is -0.464 e. The topological polar surface area (TPSA) is 68.1 Å². The average Bonchev–Trinajstić information content (AvgIpc) is 2.59. The van der Waals surface area contributed by atoms with E-state index in [1.807, 2.05) is 6.07 Å². The van der Waals surface area contributed by atoms with E-state index >= 15 is 0 Å². The molecule has 0 atom stereocenters. The maximum atomic E-state index is 11.2. The minimum atomic E-state index is -0.375. The van der Waals surface area contributed by atoms with E-state index in [4.69, 9.17) is 5.73 Å². The molecule has 4 nitrogen and oxygen atoms in total. The molecule has 0 bridgehead atoms. The van der Waals surface area contributed by atoms with Gasteiger partial charge >= 0.3 is 5.97 Å². The Morgan fingerprint density at radius 3 is 2.93 bits per heavy atom. The van der Waals surface area contributed by atoms with Gasteiger partial charge in [0.1, 0.15) is 5.69 Å². The lowest BCUT2D eigenvalue weighted by Crippen LogP contribution is -2.00. The molecule has 0 aliphatic heterocycles. The molecular formula is C10H10N2O2. The number of nitrogens with one attached hydrogen (secondary N) is 1. The van der Waals surface area contributed by atoms with Gasteiger partial charge in [0.25, 0.3) is 0 Å². The molecule has 0 radical (unpaired) electrons. The quantitative estimate of drug-likeness (QED) is 0.529. The first-order valence-corrected chi connectivity index (χ1v) is 4.17. The number of aromatic nitrogens is 1. The van der Waals surface area contributed by atoms with Gasteiger partial charge in [-0.05, 0) is 24.3 Å². The summed E-state index contributed by atoms with van der Waals surface area (Å²) < 4.78 is 4.59. The largest absolute Gasteiger partial charge is 0.464 e. The maximum absolute atomic E-state index is 11.2. The number of aromatic amines is 1. The van der Waals surface area contributed by atoms with Crippen molar-refractivity contribution in [3.8, 4) is 0 Å². The second-order valence-corrected chi connectivity index (χ2v) is 3.02. The zero-order valence-electron chi connectivity index (χ0n) is 7.70. The fourth-order valence-corrected chi connectivity index (χ4v) is 1.37. The Kier molecular flexibility index (Phi) is 1.89. The molecule has 0 saturated heterocycles. The Morgan fingerprint density at radius 2 is 2.21 bits per heavy atom. The van der Waals surface area contributed by atoms with Crippen LogP contribution in [-0.4, -0.2) is 18.1 Å². The van der Waals surface area contributed by atoms with Gasteiger partial charge in [-0.3, -0.25) is 0 Å². The fourth-order valence-electron chi connectivity index (χ4n) is 1.37. The van der Waals surface area contributed by atoms with Crippen molar-refractivity contribution < 1.29 is 9.53 Å². The highest BCUT2D eigenvalue weighted by molar-refractivity contribution is 5.95. The summed E-state index contributed by atoms with van der Waals surface area (Å²) in [5.74, 6) is -0.375. The summed E-state index contributed by atoms with van der Waals surface area (Å²) in [6.45, 7) is 0. The van der Waals surface area contributed by atoms with Crippen LogP contribution in [0.15, 0.2) is 24.3 Å². The van der Waals surface area contributed by atoms with Crippen LogP contribution >= 0.6 is 0 Å². The van der Waals surface area contributed by atoms with Crippen LogP contribution in [0, 0.1) is 0 Å². The molecule has 4 heteroatoms. The van der Waals surface area contributed by atoms with Crippen LogP contribution in [0.5, 0.6) is 0 Å². The highest BCUT2D eigenvalue weighted by Gasteiger charge is 2.08. The Morgan fingerprint density at radius 1 is 1.43 bits per heavy atom. The van der Waals surface area contributed by atoms with Crippen molar-refractivity contribution in [1.29, 1.82) is 0 Å². The van der Waals surface area contributed by atoms with Crippen molar-refractivity contribution in [2.75, 3.05) is 12.8 Å². The van der Waals surface area contributed by atoms with Crippen molar-refractivity contribution in [1.82, 2.24) is 4.98 Å². The number of ether oxygens (including phenoxy) is 1. The number of benzene rings is 1. The van der Waals surface area contributed by atoms with Gasteiger partial charge in [-0.1, -0.05) is 0 Å². The van der Waals surface area contributed by atoms with Crippen molar-refractivity contribution in [2.45, 2.75) is 0 Å². The highest BCUT2D eigenvalue weighted by Crippen LogP contribution is 2.18. The van der Waals surface area contributed by atoms with Crippen LogP contribution in [0.2, 0.25) is 0 Å². The molecule has 0 unspecified atom stereocenters. The standard InChI is InChI=1S/C10H10N2O2/c1-14-10(13)9-5-6-4-7(11)2-3-8(6)12-9/h2-5,12H,11H2,1H3. The van der Waals surface area contributed by atoms with Crippen LogP contribution in [0.25, 0.3) is 10.9 Å². The van der Waals surface area contributed by atoms with E-state index in [9.17, 15) is 4.79 Å². The van der Waals surface area contributed by atoms with E-state index in [1.165, 1.54) is 7.11 Å². The van der Waals surface area contributed by atoms with Crippen LogP contribution in [0.3, 0.4) is 0 Å². The number of hydrogen-bond acceptors (Lipinski definition) is 3. The van der Waals surface area contributed by atoms with Gasteiger partial charge in [-0.15, -0.1) is 0 Å². The average molecular weight is 190 g/mol. The summed E-state index contributed by atoms with van der Waals surface area (Å²) in [7, 11) is 1.35. The van der Waals surface area contributed by atoms with Crippen molar-refractivity contribution in [3.05, 3.63) is 30.0 Å². The Bertz CT molecular complexity index is 488. The number of carbonyl (C=O) groups is 1. The number of H-pyrrole nitrogens is 1. The molecule has 2 aromatic rings. The monoisotopic (exact) mass is 190 g/mol. The predicted molar refractivity (Wildman–Crippen MR) is 54.1 cm³/mol. The third kappa shape index (κ3) is 1.31. The van der Waals surface area contributed by atoms with Crippen molar-refractivity contribution in [3.63, 3.8) is 0 Å². The minimum absolute atomic E-state index is 0.375. The molecule has 1 aromatic heterocycles. The molecule has 0 amide bonds. The summed E-state index contributed by atoms with van der Waals surface area (Å²) in [5.41, 5.74) is 7.60. The lowest BCUT2D eigenvalue weighted by atomic mass is 10.2. The maximum Gasteiger partial charge on any atom is 0.354 e. The number of anilines is 1. The molecule has 72 valence electrons. The van der Waals surface area contributed by atoms with Gasteiger partial charge in [0.2, 0.25) is 0 Å². The van der Waals surface area contributed by atoms with E-state index < -0.39 is 0 Å². The van der Waals surface area contributed by atoms with Crippen LogP contribution in [0.4, 0.5) is 5.69 Å². The number of esters is 1. The van der Waals surface area contributed by atoms with Crippen molar-refractivity contribution in [2.24, 2.45) is 0 Å². The lowest BCUT2D eigenvalue weighted by molar-refractivity contribution is 0.0595. The number of rotatable bonds is 1. The lowest BCUT2D eigenvalue weighted by Gasteiger charge is -1.92. The molecule has 3 N–H and O–H groups in total. The van der Waals surface area contributed by atoms with Gasteiger partial charge in [-0.2, -0.15) is 0 Å². The Labute approximate surface area is 80.7 Å². The molecule has 2 rings (SSSR count). The summed E-state index contributed by atoms with van der Waals surface area (Å²) in [4.78, 5) is 14.1. The third-order valence-electron chi connectivity index (χ3n) is 2.05. The molecule has 0 aliphatic rings. The first kappa shape index (κ1) is 8.62. The van der Waals surface area contributed by atoms with E-state index in [-0.39, 0.29) is 5.97 Å². The number of nitrogens with two attached hydrogens (primary N) is 1. The SMILES string of the molecule is COC(=O)c1cc2cc(N)ccc2[nH]1. The second kappa shape index (κ2) is 3.06. The van der Waals surface area contributed by atoms with E-state index in [1.54, 1.807) is 18.2 Å². The highest BCUT2D eigenvalue weighted by atomic mass is 16.5. The molecule has 1 heterocycles. The van der Waals surface area contributed by atoms with E-state index in [0.717, 1.165) is 10.9 Å². The summed E-state index contributed by atoms with van der Waals surface area (Å²) in [5, 5.41) is 0.908. The Balaban J connectivity index is 2.56. The van der Waals surface area contributed by atoms with Crippen molar-refractivity contribution >= 4 is 22.6 Å². The first-order valence-electron chi connectivity index (χ1n) is 4.17. The molecule has 14 heavy (non-hydrogen) atoms. The molecule has 1 aromatic carbocycles. The number of hydrogen-bond donors (Lipinski definition) is 2. The molecular weight excluding hydrogens is 180 g/mol. The zero-order chi connectivity index (χ0) is 10.1. The van der Waals surface area contributed by atoms with Gasteiger partial charge < -0.3 is 15.5 Å². The van der Waals surface area contributed by atoms with Gasteiger partial charge in [-0.25, -0.2) is 4.79 Å². The molecule has 0 spiro atoms. The number of fused-ring (bicyclic) bond motifs is 1. The number of nitrogen functional groups attached to an aromatic ring is 1. The zero-order valence-corrected chi connectivity index (χ0v) is 7.70. The summed E-state index contributed by atoms with van der Waals surface area (Å²) in [6, 6.07) is 7.13. The smallest absolute Gasteiger partial charge is 0.354 e. The molecule has 0 aliphatic carbocycles. The second-order valence-electron chi connectivity index (χ2n) is 3.02. The Hall–Kier alpha value is -1.97. The summed E-state index contributed by atoms with van der Waals surface area (Å²) in [6.07, 6.45) is 0. The number of carbonyl (C=O) groups excluding carboxylic acids is 1. The van der Waals surface area contributed by atoms with Crippen LogP contribution in [0.1, 0.15) is 10.5 Å². The van der Waals surface area contributed by atoms with Gasteiger partial charge in [0, 0.05) is 16.6 Å². The van der Waals surface area contributed by atoms with Crippen LogP contribution in [-0.2, 0) is 4.74 Å². The number of methoxy groups -OCH3 is 1. The predicted octanol–water partition coefficient (Wildman–Crippen LogP) is 1.54. The third-order valence-corrected chi connectivity index (χ3v) is 2.05. The summed E-state index contributed by atoms with van der Waals surface area (Å²) >= 11 is 0. The van der Waals surface area contributed by atoms with Gasteiger partial charge in [0.15, 0.2) is 0 Å². The van der Waals surface area contributed by atoms with Crippen LogP contribution < -0.4 is 5.73 Å².